The van der Waals surface area contributed by atoms with E-state index in [0.717, 1.165) is 13.0 Å². The zero-order valence-corrected chi connectivity index (χ0v) is 9.66. The van der Waals surface area contributed by atoms with Crippen molar-refractivity contribution in [3.8, 4) is 0 Å². The fourth-order valence-electron chi connectivity index (χ4n) is 2.07. The molecule has 1 fully saturated rings. The molecule has 15 heavy (non-hydrogen) atoms. The number of ether oxygens (including phenoxy) is 1. The van der Waals surface area contributed by atoms with Gasteiger partial charge in [-0.2, -0.15) is 0 Å². The van der Waals surface area contributed by atoms with Gasteiger partial charge in [0.25, 0.3) is 0 Å². The van der Waals surface area contributed by atoms with Crippen molar-refractivity contribution in [2.24, 2.45) is 0 Å². The van der Waals surface area contributed by atoms with Gasteiger partial charge in [-0.05, 0) is 20.3 Å². The molecule has 1 heterocycles. The summed E-state index contributed by atoms with van der Waals surface area (Å²) in [6.45, 7) is 6.11. The molecule has 4 nitrogen and oxygen atoms in total. The minimum absolute atomic E-state index is 0.120. The van der Waals surface area contributed by atoms with Gasteiger partial charge in [0.15, 0.2) is 0 Å². The number of hydrogen-bond donors (Lipinski definition) is 0. The van der Waals surface area contributed by atoms with Crippen LogP contribution >= 0.6 is 0 Å². The standard InChI is InChI=1S/C11H19NO3/c1-8(7-9(2)15-10(3)13)12-6-4-5-11(12)14/h8-9H,4-7H2,1-3H3. The minimum atomic E-state index is -0.262. The Labute approximate surface area is 90.6 Å². The van der Waals surface area contributed by atoms with Crippen LogP contribution in [0.25, 0.3) is 0 Å². The fourth-order valence-corrected chi connectivity index (χ4v) is 2.07. The highest BCUT2D eigenvalue weighted by molar-refractivity contribution is 5.78. The number of esters is 1. The second-order valence-corrected chi connectivity index (χ2v) is 4.20. The summed E-state index contributed by atoms with van der Waals surface area (Å²) in [6.07, 6.45) is 2.20. The maximum absolute atomic E-state index is 11.4. The van der Waals surface area contributed by atoms with Crippen molar-refractivity contribution >= 4 is 11.9 Å². The van der Waals surface area contributed by atoms with Gasteiger partial charge in [0, 0.05) is 32.4 Å². The van der Waals surface area contributed by atoms with Crippen molar-refractivity contribution in [1.29, 1.82) is 0 Å². The van der Waals surface area contributed by atoms with E-state index in [-0.39, 0.29) is 24.0 Å². The molecule has 2 unspecified atom stereocenters. The minimum Gasteiger partial charge on any atom is -0.463 e. The zero-order chi connectivity index (χ0) is 11.4. The topological polar surface area (TPSA) is 46.6 Å². The van der Waals surface area contributed by atoms with E-state index in [2.05, 4.69) is 0 Å². The lowest BCUT2D eigenvalue weighted by Gasteiger charge is -2.26. The Balaban J connectivity index is 2.37. The average molecular weight is 213 g/mol. The molecule has 0 aromatic carbocycles. The van der Waals surface area contributed by atoms with Crippen LogP contribution in [0.5, 0.6) is 0 Å². The quantitative estimate of drug-likeness (QED) is 0.662. The van der Waals surface area contributed by atoms with Gasteiger partial charge in [0.2, 0.25) is 5.91 Å². The Morgan fingerprint density at radius 2 is 2.20 bits per heavy atom. The van der Waals surface area contributed by atoms with Gasteiger partial charge in [-0.3, -0.25) is 9.59 Å². The Bertz CT molecular complexity index is 252. The van der Waals surface area contributed by atoms with Crippen molar-refractivity contribution in [2.75, 3.05) is 6.54 Å². The van der Waals surface area contributed by atoms with Gasteiger partial charge >= 0.3 is 5.97 Å². The first-order chi connectivity index (χ1) is 7.00. The Morgan fingerprint density at radius 3 is 2.67 bits per heavy atom. The molecular formula is C11H19NO3. The lowest BCUT2D eigenvalue weighted by Crippen LogP contribution is -2.36. The summed E-state index contributed by atoms with van der Waals surface area (Å²) in [5, 5.41) is 0. The highest BCUT2D eigenvalue weighted by atomic mass is 16.5. The summed E-state index contributed by atoms with van der Waals surface area (Å²) in [7, 11) is 0. The molecule has 0 radical (unpaired) electrons. The summed E-state index contributed by atoms with van der Waals surface area (Å²) >= 11 is 0. The number of carbonyl (C=O) groups is 2. The summed E-state index contributed by atoms with van der Waals surface area (Å²) in [4.78, 5) is 24.0. The van der Waals surface area contributed by atoms with Crippen molar-refractivity contribution in [2.45, 2.75) is 52.2 Å². The maximum atomic E-state index is 11.4. The van der Waals surface area contributed by atoms with Crippen molar-refractivity contribution in [3.05, 3.63) is 0 Å². The number of hydrogen-bond acceptors (Lipinski definition) is 3. The molecule has 0 aromatic rings. The Kier molecular flexibility index (Phi) is 4.12. The molecule has 1 saturated heterocycles. The second kappa shape index (κ2) is 5.14. The third kappa shape index (κ3) is 3.53. The first-order valence-corrected chi connectivity index (χ1v) is 5.47. The third-order valence-electron chi connectivity index (χ3n) is 2.68. The van der Waals surface area contributed by atoms with Crippen LogP contribution in [0.3, 0.4) is 0 Å². The summed E-state index contributed by atoms with van der Waals surface area (Å²) in [6, 6.07) is 0.161. The molecule has 0 spiro atoms. The monoisotopic (exact) mass is 213 g/mol. The molecule has 1 rings (SSSR count). The molecule has 1 aliphatic rings. The van der Waals surface area contributed by atoms with Crippen molar-refractivity contribution < 1.29 is 14.3 Å². The number of likely N-dealkylation sites (tertiary alicyclic amines) is 1. The molecule has 1 amide bonds. The van der Waals surface area contributed by atoms with Crippen molar-refractivity contribution in [3.63, 3.8) is 0 Å². The van der Waals surface area contributed by atoms with Crippen LogP contribution in [-0.4, -0.2) is 35.5 Å². The predicted octanol–water partition coefficient (Wildman–Crippen LogP) is 1.34. The molecular weight excluding hydrogens is 194 g/mol. The van der Waals surface area contributed by atoms with Crippen molar-refractivity contribution in [1.82, 2.24) is 4.90 Å². The largest absolute Gasteiger partial charge is 0.463 e. The first-order valence-electron chi connectivity index (χ1n) is 5.47. The Hall–Kier alpha value is -1.06. The number of rotatable bonds is 4. The molecule has 2 atom stereocenters. The molecule has 4 heteroatoms. The van der Waals surface area contributed by atoms with Crippen LogP contribution < -0.4 is 0 Å². The maximum Gasteiger partial charge on any atom is 0.302 e. The van der Waals surface area contributed by atoms with Crippen LogP contribution in [0.15, 0.2) is 0 Å². The van der Waals surface area contributed by atoms with E-state index >= 15 is 0 Å². The van der Waals surface area contributed by atoms with Gasteiger partial charge in [0.05, 0.1) is 0 Å². The van der Waals surface area contributed by atoms with Gasteiger partial charge in [0.1, 0.15) is 6.10 Å². The van der Waals surface area contributed by atoms with Crippen LogP contribution in [0.4, 0.5) is 0 Å². The number of nitrogens with zero attached hydrogens (tertiary/aromatic N) is 1. The van der Waals surface area contributed by atoms with E-state index in [4.69, 9.17) is 4.74 Å². The van der Waals surface area contributed by atoms with E-state index in [1.807, 2.05) is 18.7 Å². The highest BCUT2D eigenvalue weighted by Crippen LogP contribution is 2.17. The van der Waals surface area contributed by atoms with Gasteiger partial charge in [-0.1, -0.05) is 0 Å². The normalized spacial score (nSPS) is 20.2. The molecule has 0 bridgehead atoms. The molecule has 0 N–H and O–H groups in total. The van der Waals surface area contributed by atoms with Crippen LogP contribution in [0.1, 0.15) is 40.0 Å². The SMILES string of the molecule is CC(=O)OC(C)CC(C)N1CCCC1=O. The summed E-state index contributed by atoms with van der Waals surface area (Å²) in [5.41, 5.74) is 0. The molecule has 0 aromatic heterocycles. The summed E-state index contributed by atoms with van der Waals surface area (Å²) in [5.74, 6) is -0.0417. The first kappa shape index (κ1) is 12.0. The van der Waals surface area contributed by atoms with E-state index in [0.29, 0.717) is 12.8 Å². The summed E-state index contributed by atoms with van der Waals surface area (Å²) < 4.78 is 5.04. The van der Waals surface area contributed by atoms with Crippen LogP contribution in [0, 0.1) is 0 Å². The molecule has 1 aliphatic heterocycles. The smallest absolute Gasteiger partial charge is 0.302 e. The zero-order valence-electron chi connectivity index (χ0n) is 9.66. The second-order valence-electron chi connectivity index (χ2n) is 4.20. The highest BCUT2D eigenvalue weighted by Gasteiger charge is 2.26. The number of carbonyl (C=O) groups excluding carboxylic acids is 2. The van der Waals surface area contributed by atoms with E-state index in [9.17, 15) is 9.59 Å². The van der Waals surface area contributed by atoms with E-state index in [1.54, 1.807) is 0 Å². The number of amides is 1. The van der Waals surface area contributed by atoms with Gasteiger partial charge in [-0.25, -0.2) is 0 Å². The predicted molar refractivity (Wildman–Crippen MR) is 56.3 cm³/mol. The average Bonchev–Trinajstić information content (AvgIpc) is 2.49. The lowest BCUT2D eigenvalue weighted by atomic mass is 10.1. The molecule has 0 aliphatic carbocycles. The van der Waals surface area contributed by atoms with E-state index in [1.165, 1.54) is 6.92 Å². The van der Waals surface area contributed by atoms with Crippen LogP contribution in [0.2, 0.25) is 0 Å². The molecule has 86 valence electrons. The van der Waals surface area contributed by atoms with Gasteiger partial charge in [-0.15, -0.1) is 0 Å². The fraction of sp³-hybridized carbons (Fsp3) is 0.818. The lowest BCUT2D eigenvalue weighted by molar-refractivity contribution is -0.146. The Morgan fingerprint density at radius 1 is 1.53 bits per heavy atom. The van der Waals surface area contributed by atoms with Crippen LogP contribution in [-0.2, 0) is 14.3 Å². The van der Waals surface area contributed by atoms with E-state index < -0.39 is 0 Å². The molecule has 0 saturated carbocycles. The third-order valence-corrected chi connectivity index (χ3v) is 2.68. The van der Waals surface area contributed by atoms with Gasteiger partial charge < -0.3 is 9.64 Å².